The van der Waals surface area contributed by atoms with Crippen molar-refractivity contribution in [1.29, 1.82) is 0 Å². The lowest BCUT2D eigenvalue weighted by atomic mass is 10.1. The highest BCUT2D eigenvalue weighted by Gasteiger charge is 2.16. The molecule has 1 amide bonds. The molecule has 10 heteroatoms. The molecular weight excluding hydrogens is 446 g/mol. The van der Waals surface area contributed by atoms with Crippen LogP contribution in [-0.4, -0.2) is 67.1 Å². The first kappa shape index (κ1) is 25.4. The molecule has 0 unspecified atom stereocenters. The molecule has 0 aliphatic heterocycles. The highest BCUT2D eigenvalue weighted by molar-refractivity contribution is 6.02. The Labute approximate surface area is 204 Å². The van der Waals surface area contributed by atoms with E-state index in [-0.39, 0.29) is 11.5 Å². The van der Waals surface area contributed by atoms with Gasteiger partial charge in [-0.25, -0.2) is 9.97 Å². The van der Waals surface area contributed by atoms with Gasteiger partial charge in [0.2, 0.25) is 11.9 Å². The van der Waals surface area contributed by atoms with Crippen molar-refractivity contribution in [2.45, 2.75) is 6.92 Å². The third kappa shape index (κ3) is 6.45. The standard InChI is InChI=1S/C25H31N7O3/c1-7-23(33)28-19-13-20(22(35-6)14-21(19)32(5)11-10-31(3)4)30-25-26-9-8-18(29-25)17-12-16(2)24(34)27-15-17/h7-9,12-15H,1,10-11H2,2-6H3,(H,27,34)(H,28,33)(H,26,29,30). The molecule has 35 heavy (non-hydrogen) atoms. The maximum Gasteiger partial charge on any atom is 0.250 e. The molecule has 0 atom stereocenters. The van der Waals surface area contributed by atoms with E-state index in [1.165, 1.54) is 6.08 Å². The molecule has 2 heterocycles. The number of aryl methyl sites for hydroxylation is 1. The van der Waals surface area contributed by atoms with E-state index in [1.54, 1.807) is 44.6 Å². The van der Waals surface area contributed by atoms with Crippen LogP contribution in [0.5, 0.6) is 5.75 Å². The van der Waals surface area contributed by atoms with Crippen molar-refractivity contribution in [2.24, 2.45) is 0 Å². The quantitative estimate of drug-likeness (QED) is 0.382. The number of nitrogens with one attached hydrogen (secondary N) is 3. The number of benzene rings is 1. The summed E-state index contributed by atoms with van der Waals surface area (Å²) in [5.41, 5.74) is 3.81. The van der Waals surface area contributed by atoms with E-state index in [0.29, 0.717) is 34.3 Å². The zero-order valence-electron chi connectivity index (χ0n) is 20.7. The number of likely N-dealkylation sites (N-methyl/N-ethyl adjacent to an activating group) is 2. The Morgan fingerprint density at radius 2 is 1.97 bits per heavy atom. The van der Waals surface area contributed by atoms with Gasteiger partial charge >= 0.3 is 0 Å². The first-order valence-corrected chi connectivity index (χ1v) is 11.0. The number of aromatic nitrogens is 3. The molecule has 3 aromatic rings. The van der Waals surface area contributed by atoms with Crippen LogP contribution in [-0.2, 0) is 4.79 Å². The number of H-pyrrole nitrogens is 1. The summed E-state index contributed by atoms with van der Waals surface area (Å²) in [4.78, 5) is 39.6. The van der Waals surface area contributed by atoms with E-state index in [9.17, 15) is 9.59 Å². The number of rotatable bonds is 10. The van der Waals surface area contributed by atoms with Crippen molar-refractivity contribution in [3.8, 4) is 17.0 Å². The molecule has 0 bridgehead atoms. The first-order valence-electron chi connectivity index (χ1n) is 11.0. The van der Waals surface area contributed by atoms with Crippen molar-refractivity contribution in [3.05, 3.63) is 65.2 Å². The molecule has 0 aliphatic carbocycles. The van der Waals surface area contributed by atoms with Crippen LogP contribution >= 0.6 is 0 Å². The molecule has 0 radical (unpaired) electrons. The topological polar surface area (TPSA) is 115 Å². The molecule has 184 valence electrons. The smallest absolute Gasteiger partial charge is 0.250 e. The van der Waals surface area contributed by atoms with Gasteiger partial charge in [-0.05, 0) is 45.3 Å². The second-order valence-electron chi connectivity index (χ2n) is 8.28. The first-order chi connectivity index (χ1) is 16.7. The van der Waals surface area contributed by atoms with Crippen LogP contribution in [0.25, 0.3) is 11.3 Å². The van der Waals surface area contributed by atoms with E-state index >= 15 is 0 Å². The number of hydrogen-bond acceptors (Lipinski definition) is 8. The lowest BCUT2D eigenvalue weighted by Gasteiger charge is -2.26. The zero-order valence-corrected chi connectivity index (χ0v) is 20.7. The highest BCUT2D eigenvalue weighted by Crippen LogP contribution is 2.38. The molecule has 0 spiro atoms. The monoisotopic (exact) mass is 477 g/mol. The number of ether oxygens (including phenoxy) is 1. The Morgan fingerprint density at radius 3 is 2.63 bits per heavy atom. The fourth-order valence-corrected chi connectivity index (χ4v) is 3.35. The summed E-state index contributed by atoms with van der Waals surface area (Å²) in [6.45, 7) is 6.86. The average molecular weight is 478 g/mol. The fourth-order valence-electron chi connectivity index (χ4n) is 3.35. The van der Waals surface area contributed by atoms with E-state index in [2.05, 4.69) is 37.1 Å². The third-order valence-corrected chi connectivity index (χ3v) is 5.34. The van der Waals surface area contributed by atoms with Crippen molar-refractivity contribution in [2.75, 3.05) is 56.9 Å². The van der Waals surface area contributed by atoms with Crippen molar-refractivity contribution in [1.82, 2.24) is 19.9 Å². The second-order valence-corrected chi connectivity index (χ2v) is 8.28. The van der Waals surface area contributed by atoms with Gasteiger partial charge in [0, 0.05) is 49.7 Å². The lowest BCUT2D eigenvalue weighted by molar-refractivity contribution is -0.111. The molecule has 10 nitrogen and oxygen atoms in total. The predicted molar refractivity (Wildman–Crippen MR) is 140 cm³/mol. The van der Waals surface area contributed by atoms with Crippen LogP contribution in [0.15, 0.2) is 54.1 Å². The van der Waals surface area contributed by atoms with Gasteiger partial charge in [0.25, 0.3) is 5.56 Å². The molecule has 0 saturated heterocycles. The van der Waals surface area contributed by atoms with E-state index in [0.717, 1.165) is 24.3 Å². The van der Waals surface area contributed by atoms with Crippen molar-refractivity contribution >= 4 is 28.9 Å². The normalized spacial score (nSPS) is 10.7. The molecule has 3 N–H and O–H groups in total. The maximum absolute atomic E-state index is 12.1. The summed E-state index contributed by atoms with van der Waals surface area (Å²) in [6, 6.07) is 7.16. The SMILES string of the molecule is C=CC(=O)Nc1cc(Nc2nccc(-c3c[nH]c(=O)c(C)c3)n2)c(OC)cc1N(C)CCN(C)C. The summed E-state index contributed by atoms with van der Waals surface area (Å²) >= 11 is 0. The van der Waals surface area contributed by atoms with E-state index in [4.69, 9.17) is 4.74 Å². The molecule has 3 rings (SSSR count). The number of aromatic amines is 1. The molecule has 0 aliphatic rings. The Bertz CT molecular complexity index is 1270. The summed E-state index contributed by atoms with van der Waals surface area (Å²) in [6.07, 6.45) is 4.46. The summed E-state index contributed by atoms with van der Waals surface area (Å²) in [7, 11) is 7.54. The minimum absolute atomic E-state index is 0.143. The van der Waals surface area contributed by atoms with Crippen LogP contribution in [0, 0.1) is 6.92 Å². The fraction of sp³-hybridized carbons (Fsp3) is 0.280. The van der Waals surface area contributed by atoms with Gasteiger partial charge in [0.05, 0.1) is 29.9 Å². The second kappa shape index (κ2) is 11.3. The summed E-state index contributed by atoms with van der Waals surface area (Å²) in [5.74, 6) is 0.566. The zero-order chi connectivity index (χ0) is 25.5. The molecular formula is C25H31N7O3. The van der Waals surface area contributed by atoms with E-state index in [1.807, 2.05) is 32.1 Å². The van der Waals surface area contributed by atoms with Crippen LogP contribution in [0.3, 0.4) is 0 Å². The summed E-state index contributed by atoms with van der Waals surface area (Å²) in [5, 5.41) is 6.06. The van der Waals surface area contributed by atoms with Gasteiger partial charge in [-0.3, -0.25) is 9.59 Å². The van der Waals surface area contributed by atoms with Gasteiger partial charge in [-0.2, -0.15) is 0 Å². The average Bonchev–Trinajstić information content (AvgIpc) is 2.84. The summed E-state index contributed by atoms with van der Waals surface area (Å²) < 4.78 is 5.64. The van der Waals surface area contributed by atoms with Gasteiger partial charge in [0.1, 0.15) is 5.75 Å². The largest absolute Gasteiger partial charge is 0.494 e. The molecule has 1 aromatic carbocycles. The highest BCUT2D eigenvalue weighted by atomic mass is 16.5. The minimum Gasteiger partial charge on any atom is -0.494 e. The maximum atomic E-state index is 12.1. The number of pyridine rings is 1. The van der Waals surface area contributed by atoms with Crippen molar-refractivity contribution in [3.63, 3.8) is 0 Å². The Hall–Kier alpha value is -4.18. The van der Waals surface area contributed by atoms with Crippen LogP contribution in [0.1, 0.15) is 5.56 Å². The number of methoxy groups -OCH3 is 1. The van der Waals surface area contributed by atoms with Crippen LogP contribution < -0.4 is 25.8 Å². The van der Waals surface area contributed by atoms with Crippen LogP contribution in [0.4, 0.5) is 23.0 Å². The number of amides is 1. The Kier molecular flexibility index (Phi) is 8.21. The number of carbonyl (C=O) groups is 1. The van der Waals surface area contributed by atoms with Crippen LogP contribution in [0.2, 0.25) is 0 Å². The van der Waals surface area contributed by atoms with Gasteiger partial charge in [-0.15, -0.1) is 0 Å². The van der Waals surface area contributed by atoms with Gasteiger partial charge < -0.3 is 30.2 Å². The van der Waals surface area contributed by atoms with E-state index < -0.39 is 0 Å². The molecule has 0 saturated carbocycles. The molecule has 2 aromatic heterocycles. The predicted octanol–water partition coefficient (Wildman–Crippen LogP) is 3.01. The van der Waals surface area contributed by atoms with Gasteiger partial charge in [0.15, 0.2) is 0 Å². The number of nitrogens with zero attached hydrogens (tertiary/aromatic N) is 4. The Morgan fingerprint density at radius 1 is 1.20 bits per heavy atom. The number of hydrogen-bond donors (Lipinski definition) is 3. The Balaban J connectivity index is 1.98. The number of anilines is 4. The third-order valence-electron chi connectivity index (χ3n) is 5.34. The molecule has 0 fully saturated rings. The van der Waals surface area contributed by atoms with Crippen molar-refractivity contribution < 1.29 is 9.53 Å². The minimum atomic E-state index is -0.324. The lowest BCUT2D eigenvalue weighted by Crippen LogP contribution is -2.29. The number of carbonyl (C=O) groups excluding carboxylic acids is 1. The van der Waals surface area contributed by atoms with Gasteiger partial charge in [-0.1, -0.05) is 6.58 Å².